The monoisotopic (exact) mass is 259 g/mol. The first-order valence-electron chi connectivity index (χ1n) is 5.24. The van der Waals surface area contributed by atoms with Gasteiger partial charge >= 0.3 is 5.97 Å². The summed E-state index contributed by atoms with van der Waals surface area (Å²) in [6, 6.07) is 6.87. The average molecular weight is 260 g/mol. The van der Waals surface area contributed by atoms with E-state index in [0.29, 0.717) is 18.4 Å². The average Bonchev–Trinajstić information content (AvgIpc) is 2.35. The molecule has 5 heteroatoms. The second-order valence-electron chi connectivity index (χ2n) is 3.55. The van der Waals surface area contributed by atoms with Crippen molar-refractivity contribution in [3.05, 3.63) is 35.4 Å². The van der Waals surface area contributed by atoms with Crippen LogP contribution in [0.15, 0.2) is 24.3 Å². The number of ether oxygens (including phenoxy) is 1. The zero-order valence-electron chi connectivity index (χ0n) is 9.76. The van der Waals surface area contributed by atoms with Gasteiger partial charge in [-0.2, -0.15) is 0 Å². The maximum Gasteiger partial charge on any atom is 0.338 e. The van der Waals surface area contributed by atoms with E-state index < -0.39 is 0 Å². The number of benzene rings is 1. The molecule has 3 N–H and O–H groups in total. The number of hydrogen-bond acceptors (Lipinski definition) is 4. The second-order valence-corrected chi connectivity index (χ2v) is 3.55. The fraction of sp³-hybridized carbons (Fsp3) is 0.417. The van der Waals surface area contributed by atoms with Gasteiger partial charge < -0.3 is 15.6 Å². The molecule has 0 spiro atoms. The van der Waals surface area contributed by atoms with Crippen LogP contribution in [0.25, 0.3) is 0 Å². The first-order valence-corrected chi connectivity index (χ1v) is 5.24. The van der Waals surface area contributed by atoms with Crippen LogP contribution >= 0.6 is 12.4 Å². The van der Waals surface area contributed by atoms with Crippen molar-refractivity contribution in [1.82, 2.24) is 0 Å². The van der Waals surface area contributed by atoms with Crippen LogP contribution in [-0.2, 0) is 4.74 Å². The van der Waals surface area contributed by atoms with Crippen LogP contribution in [-0.4, -0.2) is 24.8 Å². The number of carbonyl (C=O) groups is 1. The molecule has 0 saturated heterocycles. The molecule has 0 aliphatic carbocycles. The summed E-state index contributed by atoms with van der Waals surface area (Å²) < 4.78 is 4.69. The number of hydrogen-bond donors (Lipinski definition) is 2. The Morgan fingerprint density at radius 2 is 2.12 bits per heavy atom. The minimum absolute atomic E-state index is 0. The Bertz CT molecular complexity index is 357. The zero-order valence-corrected chi connectivity index (χ0v) is 10.6. The predicted octanol–water partition coefficient (Wildman–Crippen LogP) is 1.67. The minimum atomic E-state index is -0.380. The number of esters is 1. The van der Waals surface area contributed by atoms with Gasteiger partial charge in [0.25, 0.3) is 0 Å². The summed E-state index contributed by atoms with van der Waals surface area (Å²) in [5.74, 6) is -0.380. The third-order valence-electron chi connectivity index (χ3n) is 2.44. The highest BCUT2D eigenvalue weighted by molar-refractivity contribution is 5.91. The molecule has 1 rings (SSSR count). The Morgan fingerprint density at radius 1 is 1.47 bits per heavy atom. The molecule has 0 radical (unpaired) electrons. The smallest absolute Gasteiger partial charge is 0.338 e. The number of nitrogens with two attached hydrogens (primary N) is 1. The molecule has 0 fully saturated rings. The summed E-state index contributed by atoms with van der Waals surface area (Å²) in [5.41, 5.74) is 7.22. The molecule has 0 bridgehead atoms. The molecule has 0 aliphatic rings. The molecule has 1 atom stereocenters. The second kappa shape index (κ2) is 8.06. The third-order valence-corrected chi connectivity index (χ3v) is 2.44. The number of methoxy groups -OCH3 is 1. The molecule has 0 aromatic heterocycles. The van der Waals surface area contributed by atoms with Crippen LogP contribution in [0.4, 0.5) is 0 Å². The first kappa shape index (κ1) is 15.9. The molecule has 0 aliphatic heterocycles. The lowest BCUT2D eigenvalue weighted by molar-refractivity contribution is 0.0599. The highest BCUT2D eigenvalue weighted by atomic mass is 35.5. The van der Waals surface area contributed by atoms with Crippen LogP contribution in [0.3, 0.4) is 0 Å². The van der Waals surface area contributed by atoms with E-state index in [2.05, 4.69) is 4.74 Å². The van der Waals surface area contributed by atoms with Gasteiger partial charge in [0, 0.05) is 12.6 Å². The number of aliphatic hydroxyl groups excluding tert-OH is 1. The lowest BCUT2D eigenvalue weighted by atomic mass is 9.97. The van der Waals surface area contributed by atoms with Gasteiger partial charge in [0.05, 0.1) is 12.7 Å². The molecule has 17 heavy (non-hydrogen) atoms. The van der Waals surface area contributed by atoms with Gasteiger partial charge in [-0.1, -0.05) is 18.2 Å². The normalized spacial score (nSPS) is 11.5. The van der Waals surface area contributed by atoms with Crippen molar-refractivity contribution in [2.24, 2.45) is 5.73 Å². The van der Waals surface area contributed by atoms with Crippen molar-refractivity contribution < 1.29 is 14.6 Å². The standard InChI is InChI=1S/C12H17NO3.ClH/c1-16-12(15)10-6-3-2-5-9(10)11(13)7-4-8-14;/h2-3,5-6,11,14H,4,7-8,13H2,1H3;1H/t11-;/m1./s1. The fourth-order valence-corrected chi connectivity index (χ4v) is 1.58. The molecular weight excluding hydrogens is 242 g/mol. The largest absolute Gasteiger partial charge is 0.465 e. The Labute approximate surface area is 107 Å². The number of rotatable bonds is 5. The summed E-state index contributed by atoms with van der Waals surface area (Å²) in [6.45, 7) is 0.105. The highest BCUT2D eigenvalue weighted by Gasteiger charge is 2.15. The quantitative estimate of drug-likeness (QED) is 0.789. The predicted molar refractivity (Wildman–Crippen MR) is 68.3 cm³/mol. The van der Waals surface area contributed by atoms with Crippen molar-refractivity contribution in [2.75, 3.05) is 13.7 Å². The van der Waals surface area contributed by atoms with E-state index in [4.69, 9.17) is 10.8 Å². The number of aliphatic hydroxyl groups is 1. The molecule has 0 unspecified atom stereocenters. The summed E-state index contributed by atoms with van der Waals surface area (Å²) >= 11 is 0. The van der Waals surface area contributed by atoms with Crippen molar-refractivity contribution in [2.45, 2.75) is 18.9 Å². The van der Waals surface area contributed by atoms with Crippen molar-refractivity contribution in [1.29, 1.82) is 0 Å². The number of halogens is 1. The van der Waals surface area contributed by atoms with Gasteiger partial charge in [0.15, 0.2) is 0 Å². The molecule has 0 heterocycles. The lowest BCUT2D eigenvalue weighted by Crippen LogP contribution is -2.16. The highest BCUT2D eigenvalue weighted by Crippen LogP contribution is 2.20. The summed E-state index contributed by atoms with van der Waals surface area (Å²) in [4.78, 5) is 11.5. The Hall–Kier alpha value is -1.10. The van der Waals surface area contributed by atoms with Crippen LogP contribution in [0, 0.1) is 0 Å². The molecule has 1 aromatic rings. The first-order chi connectivity index (χ1) is 7.70. The van der Waals surface area contributed by atoms with Gasteiger partial charge in [0.2, 0.25) is 0 Å². The SMILES string of the molecule is COC(=O)c1ccccc1[C@H](N)CCCO.Cl. The van der Waals surface area contributed by atoms with E-state index in [9.17, 15) is 4.79 Å². The molecule has 4 nitrogen and oxygen atoms in total. The van der Waals surface area contributed by atoms with Crippen molar-refractivity contribution in [3.8, 4) is 0 Å². The van der Waals surface area contributed by atoms with Crippen LogP contribution < -0.4 is 5.73 Å². The van der Waals surface area contributed by atoms with E-state index in [-0.39, 0.29) is 31.0 Å². The van der Waals surface area contributed by atoms with Crippen molar-refractivity contribution in [3.63, 3.8) is 0 Å². The van der Waals surface area contributed by atoms with E-state index >= 15 is 0 Å². The topological polar surface area (TPSA) is 72.5 Å². The summed E-state index contributed by atoms with van der Waals surface area (Å²) in [7, 11) is 1.35. The summed E-state index contributed by atoms with van der Waals surface area (Å²) in [5, 5.41) is 8.74. The van der Waals surface area contributed by atoms with Gasteiger partial charge in [-0.25, -0.2) is 4.79 Å². The molecule has 0 saturated carbocycles. The van der Waals surface area contributed by atoms with Gasteiger partial charge in [-0.05, 0) is 24.5 Å². The molecule has 0 amide bonds. The minimum Gasteiger partial charge on any atom is -0.465 e. The van der Waals surface area contributed by atoms with E-state index in [1.165, 1.54) is 7.11 Å². The van der Waals surface area contributed by atoms with Gasteiger partial charge in [0.1, 0.15) is 0 Å². The van der Waals surface area contributed by atoms with Crippen molar-refractivity contribution >= 4 is 18.4 Å². The zero-order chi connectivity index (χ0) is 12.0. The van der Waals surface area contributed by atoms with Crippen LogP contribution in [0.5, 0.6) is 0 Å². The lowest BCUT2D eigenvalue weighted by Gasteiger charge is -2.14. The Morgan fingerprint density at radius 3 is 2.71 bits per heavy atom. The Kier molecular flexibility index (Phi) is 7.54. The molecule has 96 valence electrons. The van der Waals surface area contributed by atoms with Crippen LogP contribution in [0.1, 0.15) is 34.8 Å². The number of carbonyl (C=O) groups excluding carboxylic acids is 1. The molecular formula is C12H18ClNO3. The summed E-state index contributed by atoms with van der Waals surface area (Å²) in [6.07, 6.45) is 1.27. The maximum absolute atomic E-state index is 11.5. The molecule has 1 aromatic carbocycles. The van der Waals surface area contributed by atoms with E-state index in [1.807, 2.05) is 12.1 Å². The van der Waals surface area contributed by atoms with E-state index in [0.717, 1.165) is 5.56 Å². The van der Waals surface area contributed by atoms with Gasteiger partial charge in [-0.3, -0.25) is 0 Å². The van der Waals surface area contributed by atoms with Gasteiger partial charge in [-0.15, -0.1) is 12.4 Å². The van der Waals surface area contributed by atoms with E-state index in [1.54, 1.807) is 12.1 Å². The van der Waals surface area contributed by atoms with Crippen LogP contribution in [0.2, 0.25) is 0 Å². The maximum atomic E-state index is 11.5. The Balaban J connectivity index is 0.00000256. The third kappa shape index (κ3) is 4.34. The fourth-order valence-electron chi connectivity index (χ4n) is 1.58.